The Morgan fingerprint density at radius 2 is 2.19 bits per heavy atom. The van der Waals surface area contributed by atoms with Gasteiger partial charge in [-0.25, -0.2) is 0 Å². The molecular formula is C16H17N3OS. The quantitative estimate of drug-likeness (QED) is 0.922. The second kappa shape index (κ2) is 6.91. The number of rotatable bonds is 5. The minimum atomic E-state index is 0.0518. The third kappa shape index (κ3) is 4.33. The SMILES string of the molecule is CC(=O)N(C)Cc1cccc(NCc2ccc(C#N)s2)c1. The summed E-state index contributed by atoms with van der Waals surface area (Å²) in [7, 11) is 1.79. The molecule has 21 heavy (non-hydrogen) atoms. The average molecular weight is 299 g/mol. The predicted octanol–water partition coefficient (Wildman–Crippen LogP) is 3.21. The Labute approximate surface area is 128 Å². The van der Waals surface area contributed by atoms with E-state index >= 15 is 0 Å². The highest BCUT2D eigenvalue weighted by Crippen LogP contribution is 2.18. The number of thiophene rings is 1. The maximum absolute atomic E-state index is 11.3. The molecule has 108 valence electrons. The van der Waals surface area contributed by atoms with Gasteiger partial charge in [0.05, 0.1) is 0 Å². The number of nitrogens with one attached hydrogen (secondary N) is 1. The van der Waals surface area contributed by atoms with E-state index in [4.69, 9.17) is 5.26 Å². The van der Waals surface area contributed by atoms with Gasteiger partial charge in [-0.2, -0.15) is 5.26 Å². The number of hydrogen-bond acceptors (Lipinski definition) is 4. The molecule has 0 bridgehead atoms. The average Bonchev–Trinajstić information content (AvgIpc) is 2.93. The Kier molecular flexibility index (Phi) is 4.96. The zero-order valence-corrected chi connectivity index (χ0v) is 12.9. The van der Waals surface area contributed by atoms with Crippen molar-refractivity contribution in [2.75, 3.05) is 12.4 Å². The summed E-state index contributed by atoms with van der Waals surface area (Å²) in [6.45, 7) is 2.85. The van der Waals surface area contributed by atoms with Gasteiger partial charge in [-0.05, 0) is 29.8 Å². The van der Waals surface area contributed by atoms with Crippen LogP contribution in [-0.2, 0) is 17.9 Å². The number of nitriles is 1. The van der Waals surface area contributed by atoms with Crippen molar-refractivity contribution in [3.05, 3.63) is 51.7 Å². The Balaban J connectivity index is 1.97. The molecule has 0 spiro atoms. The fourth-order valence-corrected chi connectivity index (χ4v) is 2.63. The molecule has 0 aliphatic rings. The normalized spacial score (nSPS) is 9.95. The highest BCUT2D eigenvalue weighted by atomic mass is 32.1. The topological polar surface area (TPSA) is 56.1 Å². The van der Waals surface area contributed by atoms with Crippen LogP contribution in [0.2, 0.25) is 0 Å². The maximum atomic E-state index is 11.3. The number of amides is 1. The lowest BCUT2D eigenvalue weighted by molar-refractivity contribution is -0.128. The van der Waals surface area contributed by atoms with Crippen LogP contribution >= 0.6 is 11.3 Å². The molecule has 4 nitrogen and oxygen atoms in total. The molecule has 0 fully saturated rings. The molecule has 0 saturated heterocycles. The van der Waals surface area contributed by atoms with Gasteiger partial charge in [0.25, 0.3) is 0 Å². The molecule has 0 saturated carbocycles. The van der Waals surface area contributed by atoms with Crippen LogP contribution in [0.15, 0.2) is 36.4 Å². The molecule has 0 unspecified atom stereocenters. The summed E-state index contributed by atoms with van der Waals surface area (Å²) in [5, 5.41) is 12.1. The Hall–Kier alpha value is -2.32. The highest BCUT2D eigenvalue weighted by molar-refractivity contribution is 7.12. The van der Waals surface area contributed by atoms with Crippen molar-refractivity contribution in [3.63, 3.8) is 0 Å². The van der Waals surface area contributed by atoms with Crippen molar-refractivity contribution in [3.8, 4) is 6.07 Å². The van der Waals surface area contributed by atoms with Gasteiger partial charge in [-0.1, -0.05) is 12.1 Å². The first kappa shape index (κ1) is 15.1. The largest absolute Gasteiger partial charge is 0.380 e. The van der Waals surface area contributed by atoms with Crippen LogP contribution in [0, 0.1) is 11.3 Å². The lowest BCUT2D eigenvalue weighted by Gasteiger charge is -2.15. The summed E-state index contributed by atoms with van der Waals surface area (Å²) in [6.07, 6.45) is 0. The molecule has 0 aliphatic carbocycles. The second-order valence-electron chi connectivity index (χ2n) is 4.81. The fraction of sp³-hybridized carbons (Fsp3) is 0.250. The molecule has 1 heterocycles. The molecule has 0 aliphatic heterocycles. The second-order valence-corrected chi connectivity index (χ2v) is 5.98. The van der Waals surface area contributed by atoms with E-state index in [9.17, 15) is 4.79 Å². The highest BCUT2D eigenvalue weighted by Gasteiger charge is 2.04. The smallest absolute Gasteiger partial charge is 0.219 e. The summed E-state index contributed by atoms with van der Waals surface area (Å²) in [5.41, 5.74) is 2.10. The summed E-state index contributed by atoms with van der Waals surface area (Å²) >= 11 is 1.49. The van der Waals surface area contributed by atoms with E-state index in [1.165, 1.54) is 11.3 Å². The minimum absolute atomic E-state index is 0.0518. The first-order chi connectivity index (χ1) is 10.1. The Bertz CT molecular complexity index is 672. The molecule has 1 aromatic heterocycles. The van der Waals surface area contributed by atoms with Gasteiger partial charge in [-0.15, -0.1) is 11.3 Å². The van der Waals surface area contributed by atoms with E-state index in [1.54, 1.807) is 18.9 Å². The van der Waals surface area contributed by atoms with Crippen LogP contribution in [0.25, 0.3) is 0 Å². The van der Waals surface area contributed by atoms with Gasteiger partial charge in [0.1, 0.15) is 10.9 Å². The Morgan fingerprint density at radius 3 is 2.86 bits per heavy atom. The first-order valence-electron chi connectivity index (χ1n) is 6.62. The van der Waals surface area contributed by atoms with Crippen LogP contribution in [0.5, 0.6) is 0 Å². The monoisotopic (exact) mass is 299 g/mol. The Morgan fingerprint density at radius 1 is 1.38 bits per heavy atom. The lowest BCUT2D eigenvalue weighted by Crippen LogP contribution is -2.22. The fourth-order valence-electron chi connectivity index (χ4n) is 1.89. The van der Waals surface area contributed by atoms with Gasteiger partial charge in [-0.3, -0.25) is 4.79 Å². The van der Waals surface area contributed by atoms with Crippen molar-refractivity contribution in [2.24, 2.45) is 0 Å². The zero-order chi connectivity index (χ0) is 15.2. The molecule has 2 rings (SSSR count). The number of benzene rings is 1. The van der Waals surface area contributed by atoms with Crippen LogP contribution < -0.4 is 5.32 Å². The molecule has 5 heteroatoms. The van der Waals surface area contributed by atoms with Crippen LogP contribution in [0.1, 0.15) is 22.2 Å². The van der Waals surface area contributed by atoms with E-state index in [1.807, 2.05) is 36.4 Å². The maximum Gasteiger partial charge on any atom is 0.219 e. The molecular weight excluding hydrogens is 282 g/mol. The minimum Gasteiger partial charge on any atom is -0.380 e. The molecule has 0 atom stereocenters. The van der Waals surface area contributed by atoms with Crippen molar-refractivity contribution in [2.45, 2.75) is 20.0 Å². The molecule has 2 aromatic rings. The number of anilines is 1. The van der Waals surface area contributed by atoms with Crippen molar-refractivity contribution in [1.29, 1.82) is 5.26 Å². The van der Waals surface area contributed by atoms with Gasteiger partial charge in [0.2, 0.25) is 5.91 Å². The molecule has 1 N–H and O–H groups in total. The first-order valence-corrected chi connectivity index (χ1v) is 7.43. The molecule has 0 radical (unpaired) electrons. The van der Waals surface area contributed by atoms with Gasteiger partial charge >= 0.3 is 0 Å². The van der Waals surface area contributed by atoms with E-state index in [0.717, 1.165) is 21.0 Å². The third-order valence-electron chi connectivity index (χ3n) is 3.12. The van der Waals surface area contributed by atoms with Crippen molar-refractivity contribution < 1.29 is 4.79 Å². The summed E-state index contributed by atoms with van der Waals surface area (Å²) < 4.78 is 0. The van der Waals surface area contributed by atoms with E-state index in [2.05, 4.69) is 11.4 Å². The van der Waals surface area contributed by atoms with E-state index in [0.29, 0.717) is 13.1 Å². The molecule has 1 amide bonds. The lowest BCUT2D eigenvalue weighted by atomic mass is 10.2. The summed E-state index contributed by atoms with van der Waals surface area (Å²) in [5.74, 6) is 0.0518. The standard InChI is InChI=1S/C16H17N3OS/c1-12(20)19(2)11-13-4-3-5-14(8-13)18-10-16-7-6-15(9-17)21-16/h3-8,18H,10-11H2,1-2H3. The number of carbonyl (C=O) groups is 1. The van der Waals surface area contributed by atoms with Crippen molar-refractivity contribution >= 4 is 22.9 Å². The van der Waals surface area contributed by atoms with Crippen LogP contribution in [0.3, 0.4) is 0 Å². The summed E-state index contributed by atoms with van der Waals surface area (Å²) in [4.78, 5) is 14.8. The van der Waals surface area contributed by atoms with E-state index < -0.39 is 0 Å². The third-order valence-corrected chi connectivity index (χ3v) is 4.11. The van der Waals surface area contributed by atoms with Gasteiger partial charge < -0.3 is 10.2 Å². The van der Waals surface area contributed by atoms with Crippen LogP contribution in [-0.4, -0.2) is 17.9 Å². The van der Waals surface area contributed by atoms with Gasteiger partial charge in [0.15, 0.2) is 0 Å². The van der Waals surface area contributed by atoms with Gasteiger partial charge in [0, 0.05) is 37.6 Å². The van der Waals surface area contributed by atoms with E-state index in [-0.39, 0.29) is 5.91 Å². The summed E-state index contributed by atoms with van der Waals surface area (Å²) in [6, 6.07) is 13.9. The number of hydrogen-bond donors (Lipinski definition) is 1. The predicted molar refractivity (Wildman–Crippen MR) is 85.0 cm³/mol. The zero-order valence-electron chi connectivity index (χ0n) is 12.1. The number of carbonyl (C=O) groups excluding carboxylic acids is 1. The van der Waals surface area contributed by atoms with Crippen LogP contribution in [0.4, 0.5) is 5.69 Å². The number of nitrogens with zero attached hydrogens (tertiary/aromatic N) is 2. The van der Waals surface area contributed by atoms with Crippen molar-refractivity contribution in [1.82, 2.24) is 4.90 Å². The molecule has 1 aromatic carbocycles.